The normalized spacial score (nSPS) is 20.2. The highest BCUT2D eigenvalue weighted by atomic mass is 32.2. The molecule has 1 aromatic heterocycles. The average Bonchev–Trinajstić information content (AvgIpc) is 2.89. The van der Waals surface area contributed by atoms with Crippen molar-refractivity contribution in [2.75, 3.05) is 0 Å². The van der Waals surface area contributed by atoms with Gasteiger partial charge in [-0.1, -0.05) is 5.16 Å². The van der Waals surface area contributed by atoms with Crippen molar-refractivity contribution < 1.29 is 44.3 Å². The first kappa shape index (κ1) is 20.3. The Labute approximate surface area is 143 Å². The molecule has 0 aliphatic carbocycles. The molecule has 1 unspecified atom stereocenters. The second-order valence-electron chi connectivity index (χ2n) is 5.87. The van der Waals surface area contributed by atoms with Gasteiger partial charge in [-0.05, 0) is 20.8 Å². The highest BCUT2D eigenvalue weighted by molar-refractivity contribution is 8.05. The summed E-state index contributed by atoms with van der Waals surface area (Å²) in [5.74, 6) is -2.78. The molecule has 1 aliphatic rings. The van der Waals surface area contributed by atoms with Gasteiger partial charge in [0, 0.05) is 0 Å². The summed E-state index contributed by atoms with van der Waals surface area (Å²) in [6.45, 7) is -0.284. The number of rotatable bonds is 4. The van der Waals surface area contributed by atoms with E-state index in [1.807, 2.05) is 0 Å². The molecule has 0 N–H and O–H groups in total. The average molecular weight is 409 g/mol. The van der Waals surface area contributed by atoms with Crippen LogP contribution in [0.2, 0.25) is 0 Å². The Morgan fingerprint density at radius 2 is 1.92 bits per heavy atom. The lowest BCUT2D eigenvalue weighted by Gasteiger charge is -2.18. The minimum absolute atomic E-state index is 0.532. The minimum atomic E-state index is -5.24. The van der Waals surface area contributed by atoms with Crippen LogP contribution in [0.3, 0.4) is 0 Å². The Morgan fingerprint density at radius 3 is 2.35 bits per heavy atom. The molecule has 14 heteroatoms. The van der Waals surface area contributed by atoms with Crippen molar-refractivity contribution >= 4 is 14.9 Å². The van der Waals surface area contributed by atoms with Gasteiger partial charge in [-0.25, -0.2) is 12.8 Å². The zero-order valence-electron chi connectivity index (χ0n) is 13.5. The van der Waals surface area contributed by atoms with Gasteiger partial charge in [-0.2, -0.15) is 13.9 Å². The van der Waals surface area contributed by atoms with E-state index in [0.717, 1.165) is 6.92 Å². The van der Waals surface area contributed by atoms with Gasteiger partial charge in [0.05, 0.1) is 17.0 Å². The lowest BCUT2D eigenvalue weighted by molar-refractivity contribution is -0.218. The molecule has 26 heavy (non-hydrogen) atoms. The van der Waals surface area contributed by atoms with Crippen molar-refractivity contribution in [3.8, 4) is 5.88 Å². The van der Waals surface area contributed by atoms with Gasteiger partial charge in [0.2, 0.25) is 20.8 Å². The molecule has 0 spiro atoms. The second-order valence-corrected chi connectivity index (χ2v) is 7.81. The number of hydrogen-bond acceptors (Lipinski definition) is 6. The largest absolute Gasteiger partial charge is 0.507 e. The molecule has 148 valence electrons. The van der Waals surface area contributed by atoms with Crippen LogP contribution in [-0.2, 0) is 26.7 Å². The molecule has 0 saturated carbocycles. The summed E-state index contributed by atoms with van der Waals surface area (Å²) in [6.07, 6.45) is -7.43. The number of aryl methyl sites for hydroxylation is 1. The van der Waals surface area contributed by atoms with Crippen LogP contribution >= 0.6 is 0 Å². The third-order valence-corrected chi connectivity index (χ3v) is 5.02. The van der Waals surface area contributed by atoms with E-state index in [1.54, 1.807) is 0 Å². The number of oxime groups is 1. The summed E-state index contributed by atoms with van der Waals surface area (Å²) in [7, 11) is -4.64. The van der Waals surface area contributed by atoms with Crippen LogP contribution in [-0.4, -0.2) is 41.6 Å². The molecule has 0 saturated heterocycles. The van der Waals surface area contributed by atoms with E-state index in [-0.39, 0.29) is 0 Å². The number of hydrogen-bond donors (Lipinski definition) is 0. The quantitative estimate of drug-likeness (QED) is 0.714. The summed E-state index contributed by atoms with van der Waals surface area (Å²) in [5.41, 5.74) is -2.92. The number of halogens is 6. The molecule has 0 fully saturated rings. The van der Waals surface area contributed by atoms with E-state index in [2.05, 4.69) is 19.8 Å². The SMILES string of the molecule is Cc1nn(C(F)(F)F)c(OC(F)F)c1CS(=O)(=O)C1=NOC(C)(C)C1F. The number of ether oxygens (including phenoxy) is 1. The fourth-order valence-electron chi connectivity index (χ4n) is 2.11. The van der Waals surface area contributed by atoms with Gasteiger partial charge >= 0.3 is 12.9 Å². The Morgan fingerprint density at radius 1 is 1.35 bits per heavy atom. The van der Waals surface area contributed by atoms with Crippen LogP contribution in [0, 0.1) is 6.92 Å². The number of aromatic nitrogens is 2. The maximum Gasteiger partial charge on any atom is 0.507 e. The summed E-state index contributed by atoms with van der Waals surface area (Å²) in [6, 6.07) is 0. The van der Waals surface area contributed by atoms with Crippen LogP contribution in [0.1, 0.15) is 25.1 Å². The fourth-order valence-corrected chi connectivity index (χ4v) is 3.72. The third-order valence-electron chi connectivity index (χ3n) is 3.43. The van der Waals surface area contributed by atoms with Gasteiger partial charge in [-0.3, -0.25) is 0 Å². The second kappa shape index (κ2) is 6.32. The molecule has 2 heterocycles. The predicted molar refractivity (Wildman–Crippen MR) is 75.0 cm³/mol. The van der Waals surface area contributed by atoms with Crippen LogP contribution in [0.5, 0.6) is 5.88 Å². The molecule has 7 nitrogen and oxygen atoms in total. The molecule has 0 radical (unpaired) electrons. The fraction of sp³-hybridized carbons (Fsp3) is 0.667. The van der Waals surface area contributed by atoms with Crippen molar-refractivity contribution in [3.63, 3.8) is 0 Å². The zero-order valence-corrected chi connectivity index (χ0v) is 14.3. The van der Waals surface area contributed by atoms with Gasteiger partial charge in [0.1, 0.15) is 0 Å². The summed E-state index contributed by atoms with van der Waals surface area (Å²) >= 11 is 0. The van der Waals surface area contributed by atoms with E-state index in [1.165, 1.54) is 13.8 Å². The first-order valence-corrected chi connectivity index (χ1v) is 8.55. The van der Waals surface area contributed by atoms with Gasteiger partial charge in [0.25, 0.3) is 0 Å². The Hall–Kier alpha value is -1.99. The molecule has 1 aliphatic heterocycles. The molecule has 0 amide bonds. The van der Waals surface area contributed by atoms with E-state index >= 15 is 0 Å². The van der Waals surface area contributed by atoms with Crippen LogP contribution < -0.4 is 4.74 Å². The first-order chi connectivity index (χ1) is 11.7. The maximum absolute atomic E-state index is 14.2. The predicted octanol–water partition coefficient (Wildman–Crippen LogP) is 2.64. The summed E-state index contributed by atoms with van der Waals surface area (Å²) < 4.78 is 106. The lowest BCUT2D eigenvalue weighted by atomic mass is 10.1. The van der Waals surface area contributed by atoms with Gasteiger partial charge < -0.3 is 9.57 Å². The lowest BCUT2D eigenvalue weighted by Crippen LogP contribution is -2.37. The van der Waals surface area contributed by atoms with Gasteiger partial charge in [0.15, 0.2) is 11.8 Å². The molecule has 1 atom stereocenters. The van der Waals surface area contributed by atoms with Crippen LogP contribution in [0.15, 0.2) is 5.16 Å². The van der Waals surface area contributed by atoms with Crippen molar-refractivity contribution in [1.82, 2.24) is 9.78 Å². The number of alkyl halides is 6. The van der Waals surface area contributed by atoms with Gasteiger partial charge in [-0.15, -0.1) is 17.9 Å². The maximum atomic E-state index is 14.2. The molecule has 0 aromatic carbocycles. The number of nitrogens with zero attached hydrogens (tertiary/aromatic N) is 3. The Bertz CT molecular complexity index is 831. The van der Waals surface area contributed by atoms with Crippen molar-refractivity contribution in [3.05, 3.63) is 11.3 Å². The summed E-state index contributed by atoms with van der Waals surface area (Å²) in [4.78, 5) is 4.66. The monoisotopic (exact) mass is 409 g/mol. The smallest absolute Gasteiger partial charge is 0.417 e. The Kier molecular flexibility index (Phi) is 4.94. The van der Waals surface area contributed by atoms with E-state index in [0.29, 0.717) is 0 Å². The summed E-state index contributed by atoms with van der Waals surface area (Å²) in [5, 5.41) is 5.07. The molecule has 0 bridgehead atoms. The topological polar surface area (TPSA) is 82.8 Å². The first-order valence-electron chi connectivity index (χ1n) is 6.90. The minimum Gasteiger partial charge on any atom is -0.417 e. The van der Waals surface area contributed by atoms with Crippen molar-refractivity contribution in [2.45, 2.75) is 51.2 Å². The molecule has 2 rings (SSSR count). The highest BCUT2D eigenvalue weighted by Gasteiger charge is 2.48. The van der Waals surface area contributed by atoms with Crippen LogP contribution in [0.25, 0.3) is 0 Å². The van der Waals surface area contributed by atoms with E-state index in [4.69, 9.17) is 0 Å². The number of sulfone groups is 1. The van der Waals surface area contributed by atoms with E-state index in [9.17, 15) is 34.8 Å². The molecule has 1 aromatic rings. The zero-order chi connectivity index (χ0) is 20.1. The Balaban J connectivity index is 2.48. The van der Waals surface area contributed by atoms with E-state index < -0.39 is 67.1 Å². The van der Waals surface area contributed by atoms with Crippen molar-refractivity contribution in [2.24, 2.45) is 5.16 Å². The standard InChI is InChI=1S/C12H13F6N3O4S/c1-5-6(9(24-10(14)15)21(19-5)12(16,17)18)4-26(22,23)8-7(13)11(2,3)25-20-8/h7,10H,4H2,1-3H3. The molecular weight excluding hydrogens is 396 g/mol. The highest BCUT2D eigenvalue weighted by Crippen LogP contribution is 2.36. The van der Waals surface area contributed by atoms with Crippen molar-refractivity contribution in [1.29, 1.82) is 0 Å². The molecular formula is C12H13F6N3O4S. The van der Waals surface area contributed by atoms with Crippen LogP contribution in [0.4, 0.5) is 26.3 Å². The third kappa shape index (κ3) is 3.73.